The van der Waals surface area contributed by atoms with Crippen molar-refractivity contribution in [2.24, 2.45) is 0 Å². The number of anilines is 1. The van der Waals surface area contributed by atoms with E-state index in [-0.39, 0.29) is 11.4 Å². The molecule has 0 fully saturated rings. The van der Waals surface area contributed by atoms with Crippen molar-refractivity contribution in [3.8, 4) is 11.4 Å². The first-order chi connectivity index (χ1) is 14.8. The number of hydrogen-bond donors (Lipinski definition) is 2. The van der Waals surface area contributed by atoms with Gasteiger partial charge < -0.3 is 10.3 Å². The summed E-state index contributed by atoms with van der Waals surface area (Å²) in [7, 11) is 0. The number of aromatic amines is 1. The summed E-state index contributed by atoms with van der Waals surface area (Å²) in [6.45, 7) is 0. The van der Waals surface area contributed by atoms with Gasteiger partial charge in [0.25, 0.3) is 17.3 Å². The number of imidazole rings is 1. The number of halogens is 1. The fourth-order valence-electron chi connectivity index (χ4n) is 2.97. The summed E-state index contributed by atoms with van der Waals surface area (Å²) in [4.78, 5) is 40.4. The Labute approximate surface area is 172 Å². The van der Waals surface area contributed by atoms with E-state index in [0.29, 0.717) is 28.1 Å². The van der Waals surface area contributed by atoms with E-state index < -0.39 is 27.1 Å². The largest absolute Gasteiger partial charge is 0.338 e. The lowest BCUT2D eigenvalue weighted by Crippen LogP contribution is -2.12. The fourth-order valence-corrected chi connectivity index (χ4v) is 2.97. The molecule has 0 aliphatic rings. The SMILES string of the molecule is O=C(Nc1ccc2nc(-c3ccc(F)cc3)[nH]c2c1)c1cc([N+](=O)[O-])cc([N+](=O)[O-])c1. The Bertz CT molecular complexity index is 1320. The first-order valence-corrected chi connectivity index (χ1v) is 8.81. The molecule has 1 amide bonds. The maximum atomic E-state index is 13.1. The van der Waals surface area contributed by atoms with Crippen LogP contribution in [0.2, 0.25) is 0 Å². The number of hydrogen-bond acceptors (Lipinski definition) is 6. The summed E-state index contributed by atoms with van der Waals surface area (Å²) < 4.78 is 13.1. The number of carbonyl (C=O) groups is 1. The zero-order chi connectivity index (χ0) is 22.1. The molecule has 4 rings (SSSR count). The van der Waals surface area contributed by atoms with E-state index >= 15 is 0 Å². The highest BCUT2D eigenvalue weighted by atomic mass is 19.1. The van der Waals surface area contributed by atoms with Crippen LogP contribution in [-0.2, 0) is 0 Å². The maximum absolute atomic E-state index is 13.1. The number of rotatable bonds is 5. The summed E-state index contributed by atoms with van der Waals surface area (Å²) in [6, 6.07) is 13.3. The third kappa shape index (κ3) is 4.05. The van der Waals surface area contributed by atoms with Crippen molar-refractivity contribution in [3.63, 3.8) is 0 Å². The van der Waals surface area contributed by atoms with Crippen molar-refractivity contribution in [1.29, 1.82) is 0 Å². The number of nitro groups is 2. The molecule has 1 heterocycles. The lowest BCUT2D eigenvalue weighted by molar-refractivity contribution is -0.394. The Morgan fingerprint density at radius 1 is 0.935 bits per heavy atom. The van der Waals surface area contributed by atoms with Crippen molar-refractivity contribution in [1.82, 2.24) is 9.97 Å². The van der Waals surface area contributed by atoms with Crippen LogP contribution in [0.25, 0.3) is 22.4 Å². The highest BCUT2D eigenvalue weighted by molar-refractivity contribution is 6.05. The zero-order valence-electron chi connectivity index (χ0n) is 15.5. The number of nitrogens with one attached hydrogen (secondary N) is 2. The predicted octanol–water partition coefficient (Wildman–Crippen LogP) is 4.44. The van der Waals surface area contributed by atoms with E-state index in [1.807, 2.05) is 0 Å². The van der Waals surface area contributed by atoms with Gasteiger partial charge in [-0.15, -0.1) is 0 Å². The van der Waals surface area contributed by atoms with Gasteiger partial charge in [0, 0.05) is 23.4 Å². The highest BCUT2D eigenvalue weighted by Gasteiger charge is 2.20. The normalized spacial score (nSPS) is 10.7. The Morgan fingerprint density at radius 2 is 1.58 bits per heavy atom. The number of non-ortho nitro benzene ring substituents is 2. The van der Waals surface area contributed by atoms with E-state index in [9.17, 15) is 29.4 Å². The van der Waals surface area contributed by atoms with E-state index in [4.69, 9.17) is 0 Å². The number of nitro benzene ring substituents is 2. The van der Waals surface area contributed by atoms with Crippen LogP contribution in [0.5, 0.6) is 0 Å². The first kappa shape index (κ1) is 19.6. The van der Waals surface area contributed by atoms with Crippen molar-refractivity contribution < 1.29 is 19.0 Å². The van der Waals surface area contributed by atoms with Gasteiger partial charge in [-0.25, -0.2) is 9.37 Å². The minimum absolute atomic E-state index is 0.224. The van der Waals surface area contributed by atoms with Crippen LogP contribution in [0, 0.1) is 26.0 Å². The molecule has 11 heteroatoms. The molecular formula is C20H12FN5O5. The van der Waals surface area contributed by atoms with E-state index in [0.717, 1.165) is 18.2 Å². The van der Waals surface area contributed by atoms with E-state index in [1.54, 1.807) is 30.3 Å². The average molecular weight is 421 g/mol. The van der Waals surface area contributed by atoms with Gasteiger partial charge in [-0.3, -0.25) is 25.0 Å². The molecule has 1 aromatic heterocycles. The Morgan fingerprint density at radius 3 is 2.19 bits per heavy atom. The van der Waals surface area contributed by atoms with Crippen LogP contribution in [0.3, 0.4) is 0 Å². The van der Waals surface area contributed by atoms with Crippen molar-refractivity contribution in [2.45, 2.75) is 0 Å². The van der Waals surface area contributed by atoms with Gasteiger partial charge in [-0.2, -0.15) is 0 Å². The molecule has 0 atom stereocenters. The summed E-state index contributed by atoms with van der Waals surface area (Å²) in [5.41, 5.74) is 0.857. The smallest absolute Gasteiger partial charge is 0.277 e. The molecule has 4 aromatic rings. The molecule has 3 aromatic carbocycles. The topological polar surface area (TPSA) is 144 Å². The standard InChI is InChI=1S/C20H12FN5O5/c21-13-3-1-11(2-4-13)19-23-17-6-5-14(9-18(17)24-19)22-20(27)12-7-15(25(28)29)10-16(8-12)26(30)31/h1-10H,(H,22,27)(H,23,24). The second kappa shape index (κ2) is 7.63. The molecule has 0 aliphatic heterocycles. The number of nitrogens with zero attached hydrogens (tertiary/aromatic N) is 3. The minimum Gasteiger partial charge on any atom is -0.338 e. The summed E-state index contributed by atoms with van der Waals surface area (Å²) in [5, 5.41) is 24.6. The molecule has 2 N–H and O–H groups in total. The summed E-state index contributed by atoms with van der Waals surface area (Å²) in [5.74, 6) is -0.608. The van der Waals surface area contributed by atoms with Crippen molar-refractivity contribution in [2.75, 3.05) is 5.32 Å². The van der Waals surface area contributed by atoms with Gasteiger partial charge in [-0.1, -0.05) is 0 Å². The lowest BCUT2D eigenvalue weighted by Gasteiger charge is -2.05. The molecule has 10 nitrogen and oxygen atoms in total. The number of fused-ring (bicyclic) bond motifs is 1. The monoisotopic (exact) mass is 421 g/mol. The fraction of sp³-hybridized carbons (Fsp3) is 0. The van der Waals surface area contributed by atoms with Gasteiger partial charge in [0.2, 0.25) is 0 Å². The number of carbonyl (C=O) groups excluding carboxylic acids is 1. The quantitative estimate of drug-likeness (QED) is 0.360. The van der Waals surface area contributed by atoms with Gasteiger partial charge in [0.15, 0.2) is 0 Å². The third-order valence-electron chi connectivity index (χ3n) is 4.44. The minimum atomic E-state index is -0.808. The van der Waals surface area contributed by atoms with Crippen LogP contribution in [0.4, 0.5) is 21.5 Å². The Balaban J connectivity index is 1.62. The van der Waals surface area contributed by atoms with E-state index in [1.165, 1.54) is 12.1 Å². The zero-order valence-corrected chi connectivity index (χ0v) is 15.5. The number of benzene rings is 3. The molecule has 0 radical (unpaired) electrons. The predicted molar refractivity (Wildman–Crippen MR) is 109 cm³/mol. The first-order valence-electron chi connectivity index (χ1n) is 8.81. The molecule has 0 saturated heterocycles. The molecule has 0 saturated carbocycles. The second-order valence-corrected chi connectivity index (χ2v) is 6.53. The summed E-state index contributed by atoms with van der Waals surface area (Å²) in [6.07, 6.45) is 0. The van der Waals surface area contributed by atoms with Crippen LogP contribution < -0.4 is 5.32 Å². The summed E-state index contributed by atoms with van der Waals surface area (Å²) >= 11 is 0. The van der Waals surface area contributed by atoms with E-state index in [2.05, 4.69) is 15.3 Å². The maximum Gasteiger partial charge on any atom is 0.277 e. The molecule has 154 valence electrons. The molecule has 0 bridgehead atoms. The average Bonchev–Trinajstić information content (AvgIpc) is 3.17. The molecule has 0 aliphatic carbocycles. The third-order valence-corrected chi connectivity index (χ3v) is 4.44. The Hall–Kier alpha value is -4.67. The van der Waals surface area contributed by atoms with Gasteiger partial charge in [0.1, 0.15) is 11.6 Å². The molecule has 0 unspecified atom stereocenters. The van der Waals surface area contributed by atoms with Crippen molar-refractivity contribution in [3.05, 3.63) is 92.3 Å². The van der Waals surface area contributed by atoms with Gasteiger partial charge in [0.05, 0.1) is 32.5 Å². The number of H-pyrrole nitrogens is 1. The van der Waals surface area contributed by atoms with Crippen LogP contribution in [0.15, 0.2) is 60.7 Å². The molecule has 31 heavy (non-hydrogen) atoms. The van der Waals surface area contributed by atoms with Crippen LogP contribution in [-0.4, -0.2) is 25.7 Å². The number of amides is 1. The Kier molecular flexibility index (Phi) is 4.83. The lowest BCUT2D eigenvalue weighted by atomic mass is 10.1. The second-order valence-electron chi connectivity index (χ2n) is 6.53. The molecular weight excluding hydrogens is 409 g/mol. The highest BCUT2D eigenvalue weighted by Crippen LogP contribution is 2.25. The van der Waals surface area contributed by atoms with Gasteiger partial charge >= 0.3 is 0 Å². The van der Waals surface area contributed by atoms with Crippen molar-refractivity contribution >= 4 is 34.0 Å². The van der Waals surface area contributed by atoms with Crippen LogP contribution in [0.1, 0.15) is 10.4 Å². The van der Waals surface area contributed by atoms with Crippen LogP contribution >= 0.6 is 0 Å². The number of aromatic nitrogens is 2. The van der Waals surface area contributed by atoms with Gasteiger partial charge in [-0.05, 0) is 42.5 Å². The molecule has 0 spiro atoms.